The van der Waals surface area contributed by atoms with E-state index >= 15 is 0 Å². The number of nitrogens with one attached hydrogen (secondary N) is 1. The molecule has 118 valence electrons. The standard InChI is InChI=1S/C19H26N2O/c1-2-15-4-3-5-16-18(15)19(13-22,8-9-20-16)17-12-14-6-10-21(17)11-7-14/h3-5,8-9,14,17,20,22H,2,6-7,10-13H2,1H3/t17-,19-/m0/s1. The largest absolute Gasteiger partial charge is 0.395 e. The van der Waals surface area contributed by atoms with Crippen LogP contribution >= 0.6 is 0 Å². The molecular weight excluding hydrogens is 272 g/mol. The van der Waals surface area contributed by atoms with Crippen LogP contribution in [0, 0.1) is 5.92 Å². The summed E-state index contributed by atoms with van der Waals surface area (Å²) in [6, 6.07) is 6.94. The Hall–Kier alpha value is -1.32. The number of aliphatic hydroxyl groups is 1. The fraction of sp³-hybridized carbons (Fsp3) is 0.579. The van der Waals surface area contributed by atoms with Crippen molar-refractivity contribution in [3.8, 4) is 0 Å². The van der Waals surface area contributed by atoms with Crippen LogP contribution in [-0.4, -0.2) is 35.7 Å². The molecule has 2 N–H and O–H groups in total. The molecule has 2 atom stereocenters. The van der Waals surface area contributed by atoms with Gasteiger partial charge in [0.25, 0.3) is 0 Å². The number of anilines is 1. The average Bonchev–Trinajstić information content (AvgIpc) is 2.61. The van der Waals surface area contributed by atoms with Crippen LogP contribution < -0.4 is 5.32 Å². The second kappa shape index (κ2) is 5.39. The van der Waals surface area contributed by atoms with Gasteiger partial charge >= 0.3 is 0 Å². The van der Waals surface area contributed by atoms with Gasteiger partial charge in [-0.15, -0.1) is 0 Å². The fourth-order valence-electron chi connectivity index (χ4n) is 4.94. The molecule has 0 saturated carbocycles. The number of nitrogens with zero attached hydrogens (tertiary/aromatic N) is 1. The van der Waals surface area contributed by atoms with Crippen LogP contribution in [0.2, 0.25) is 0 Å². The molecular formula is C19H26N2O. The minimum Gasteiger partial charge on any atom is -0.395 e. The van der Waals surface area contributed by atoms with E-state index in [1.807, 2.05) is 6.20 Å². The van der Waals surface area contributed by atoms with Crippen LogP contribution in [0.3, 0.4) is 0 Å². The van der Waals surface area contributed by atoms with Crippen LogP contribution in [0.15, 0.2) is 30.5 Å². The molecule has 4 aliphatic heterocycles. The van der Waals surface area contributed by atoms with Gasteiger partial charge in [0.15, 0.2) is 0 Å². The van der Waals surface area contributed by atoms with Crippen molar-refractivity contribution in [1.82, 2.24) is 4.90 Å². The smallest absolute Gasteiger partial charge is 0.0579 e. The van der Waals surface area contributed by atoms with Crippen molar-refractivity contribution in [3.63, 3.8) is 0 Å². The van der Waals surface area contributed by atoms with E-state index in [1.54, 1.807) is 0 Å². The van der Waals surface area contributed by atoms with Crippen molar-refractivity contribution in [2.24, 2.45) is 5.92 Å². The molecule has 3 fully saturated rings. The molecule has 3 saturated heterocycles. The van der Waals surface area contributed by atoms with Gasteiger partial charge < -0.3 is 10.4 Å². The summed E-state index contributed by atoms with van der Waals surface area (Å²) in [5.74, 6) is 0.846. The zero-order valence-electron chi connectivity index (χ0n) is 13.4. The SMILES string of the molecule is CCc1cccc2c1[C@@](CO)([C@@H]1CC3CCN1CC3)C=CN2. The Labute approximate surface area is 133 Å². The Morgan fingerprint density at radius 3 is 2.77 bits per heavy atom. The third-order valence-electron chi connectivity index (χ3n) is 6.12. The van der Waals surface area contributed by atoms with Gasteiger partial charge in [0.05, 0.1) is 12.0 Å². The van der Waals surface area contributed by atoms with Gasteiger partial charge in [-0.2, -0.15) is 0 Å². The predicted octanol–water partition coefficient (Wildman–Crippen LogP) is 2.90. The Balaban J connectivity index is 1.85. The molecule has 0 spiro atoms. The van der Waals surface area contributed by atoms with Crippen molar-refractivity contribution in [2.75, 3.05) is 25.0 Å². The Bertz CT molecular complexity index is 589. The highest BCUT2D eigenvalue weighted by atomic mass is 16.3. The summed E-state index contributed by atoms with van der Waals surface area (Å²) in [5.41, 5.74) is 3.64. The molecule has 0 aromatic heterocycles. The van der Waals surface area contributed by atoms with Crippen molar-refractivity contribution >= 4 is 5.69 Å². The molecule has 1 aromatic rings. The quantitative estimate of drug-likeness (QED) is 0.900. The van der Waals surface area contributed by atoms with Crippen molar-refractivity contribution in [3.05, 3.63) is 41.6 Å². The lowest BCUT2D eigenvalue weighted by atomic mass is 9.64. The summed E-state index contributed by atoms with van der Waals surface area (Å²) in [4.78, 5) is 2.63. The van der Waals surface area contributed by atoms with Crippen molar-refractivity contribution in [1.29, 1.82) is 0 Å². The molecule has 0 aliphatic carbocycles. The molecule has 4 aliphatic rings. The predicted molar refractivity (Wildman–Crippen MR) is 90.0 cm³/mol. The maximum absolute atomic E-state index is 10.5. The highest BCUT2D eigenvalue weighted by Crippen LogP contribution is 2.47. The monoisotopic (exact) mass is 298 g/mol. The van der Waals surface area contributed by atoms with Gasteiger partial charge in [0.2, 0.25) is 0 Å². The zero-order valence-corrected chi connectivity index (χ0v) is 13.4. The van der Waals surface area contributed by atoms with Crippen LogP contribution in [0.1, 0.15) is 37.3 Å². The van der Waals surface area contributed by atoms with Crippen LogP contribution in [0.25, 0.3) is 0 Å². The molecule has 0 unspecified atom stereocenters. The summed E-state index contributed by atoms with van der Waals surface area (Å²) in [6.45, 7) is 4.80. The maximum atomic E-state index is 10.5. The summed E-state index contributed by atoms with van der Waals surface area (Å²) in [5, 5.41) is 13.9. The fourth-order valence-corrected chi connectivity index (χ4v) is 4.94. The van der Waals surface area contributed by atoms with E-state index in [0.717, 1.165) is 12.3 Å². The molecule has 2 bridgehead atoms. The van der Waals surface area contributed by atoms with E-state index in [0.29, 0.717) is 6.04 Å². The minimum atomic E-state index is -0.244. The number of piperidine rings is 3. The number of benzene rings is 1. The average molecular weight is 298 g/mol. The van der Waals surface area contributed by atoms with Crippen LogP contribution in [-0.2, 0) is 11.8 Å². The molecule has 5 rings (SSSR count). The van der Waals surface area contributed by atoms with Gasteiger partial charge in [-0.05, 0) is 68.1 Å². The lowest BCUT2D eigenvalue weighted by molar-refractivity contribution is -0.000186. The number of rotatable bonds is 3. The molecule has 22 heavy (non-hydrogen) atoms. The minimum absolute atomic E-state index is 0.198. The van der Waals surface area contributed by atoms with Gasteiger partial charge in [-0.25, -0.2) is 0 Å². The first-order chi connectivity index (χ1) is 10.8. The lowest BCUT2D eigenvalue weighted by Crippen LogP contribution is -2.59. The Morgan fingerprint density at radius 2 is 2.14 bits per heavy atom. The van der Waals surface area contributed by atoms with Gasteiger partial charge in [0.1, 0.15) is 0 Å². The highest BCUT2D eigenvalue weighted by Gasteiger charge is 2.48. The summed E-state index contributed by atoms with van der Waals surface area (Å²) < 4.78 is 0. The summed E-state index contributed by atoms with van der Waals surface area (Å²) >= 11 is 0. The second-order valence-corrected chi connectivity index (χ2v) is 7.10. The van der Waals surface area contributed by atoms with Gasteiger partial charge in [-0.3, -0.25) is 4.90 Å². The molecule has 0 radical (unpaired) electrons. The Morgan fingerprint density at radius 1 is 1.32 bits per heavy atom. The number of hydrogen-bond acceptors (Lipinski definition) is 3. The van der Waals surface area contributed by atoms with E-state index in [2.05, 4.69) is 41.4 Å². The normalized spacial score (nSPS) is 36.0. The van der Waals surface area contributed by atoms with Crippen LogP contribution in [0.5, 0.6) is 0 Å². The van der Waals surface area contributed by atoms with E-state index in [4.69, 9.17) is 0 Å². The first-order valence-corrected chi connectivity index (χ1v) is 8.70. The second-order valence-electron chi connectivity index (χ2n) is 7.10. The topological polar surface area (TPSA) is 35.5 Å². The van der Waals surface area contributed by atoms with E-state index in [1.165, 1.54) is 49.2 Å². The first kappa shape index (κ1) is 14.3. The van der Waals surface area contributed by atoms with E-state index < -0.39 is 0 Å². The Kier molecular flexibility index (Phi) is 3.50. The molecule has 0 amide bonds. The lowest BCUT2D eigenvalue weighted by Gasteiger charge is -2.54. The van der Waals surface area contributed by atoms with E-state index in [-0.39, 0.29) is 12.0 Å². The van der Waals surface area contributed by atoms with Gasteiger partial charge in [-0.1, -0.05) is 25.1 Å². The highest BCUT2D eigenvalue weighted by molar-refractivity contribution is 5.65. The number of aliphatic hydroxyl groups excluding tert-OH is 1. The molecule has 1 aromatic carbocycles. The third-order valence-corrected chi connectivity index (χ3v) is 6.12. The zero-order chi connectivity index (χ0) is 15.2. The molecule has 3 nitrogen and oxygen atoms in total. The molecule has 3 heteroatoms. The number of aryl methyl sites for hydroxylation is 1. The summed E-state index contributed by atoms with van der Waals surface area (Å²) in [6.07, 6.45) is 9.19. The van der Waals surface area contributed by atoms with Crippen molar-refractivity contribution in [2.45, 2.75) is 44.1 Å². The number of hydrogen-bond donors (Lipinski definition) is 2. The first-order valence-electron chi connectivity index (χ1n) is 8.70. The number of fused-ring (bicyclic) bond motifs is 4. The van der Waals surface area contributed by atoms with Crippen molar-refractivity contribution < 1.29 is 5.11 Å². The van der Waals surface area contributed by atoms with Gasteiger partial charge in [0, 0.05) is 11.7 Å². The van der Waals surface area contributed by atoms with E-state index in [9.17, 15) is 5.11 Å². The maximum Gasteiger partial charge on any atom is 0.0579 e. The molecule has 4 heterocycles. The third kappa shape index (κ3) is 1.95. The summed E-state index contributed by atoms with van der Waals surface area (Å²) in [7, 11) is 0. The van der Waals surface area contributed by atoms with Crippen LogP contribution in [0.4, 0.5) is 5.69 Å².